The van der Waals surface area contributed by atoms with Gasteiger partial charge in [0.15, 0.2) is 0 Å². The van der Waals surface area contributed by atoms with Crippen LogP contribution in [0.1, 0.15) is 17.0 Å². The summed E-state index contributed by atoms with van der Waals surface area (Å²) in [6, 6.07) is 3.96. The van der Waals surface area contributed by atoms with E-state index in [0.29, 0.717) is 23.0 Å². The summed E-state index contributed by atoms with van der Waals surface area (Å²) < 4.78 is 10.9. The zero-order valence-electron chi connectivity index (χ0n) is 12.1. The van der Waals surface area contributed by atoms with Crippen molar-refractivity contribution in [2.45, 2.75) is 25.9 Å². The maximum Gasteiger partial charge on any atom is 0.218 e. The summed E-state index contributed by atoms with van der Waals surface area (Å²) in [6.45, 7) is 5.42. The molecule has 0 saturated heterocycles. The molecule has 0 spiro atoms. The van der Waals surface area contributed by atoms with Crippen LogP contribution in [0.3, 0.4) is 0 Å². The topological polar surface area (TPSA) is 50.9 Å². The maximum atomic E-state index is 9.29. The average molecular weight is 461 g/mol. The summed E-state index contributed by atoms with van der Waals surface area (Å²) in [5.74, 6) is 0.606. The molecule has 1 aromatic heterocycles. The van der Waals surface area contributed by atoms with Crippen molar-refractivity contribution in [1.29, 1.82) is 0 Å². The number of benzene rings is 1. The second-order valence-electron chi connectivity index (χ2n) is 4.66. The van der Waals surface area contributed by atoms with Crippen LogP contribution in [0.4, 0.5) is 0 Å². The largest absolute Gasteiger partial charge is 0.323 e. The Morgan fingerprint density at radius 2 is 1.95 bits per heavy atom. The van der Waals surface area contributed by atoms with Crippen molar-refractivity contribution >= 4 is 46.5 Å². The fourth-order valence-corrected chi connectivity index (χ4v) is 2.52. The maximum absolute atomic E-state index is 9.29. The van der Waals surface area contributed by atoms with E-state index in [9.17, 15) is 4.55 Å². The van der Waals surface area contributed by atoms with E-state index in [1.807, 2.05) is 26.0 Å². The van der Waals surface area contributed by atoms with Gasteiger partial charge in [0.1, 0.15) is 5.82 Å². The standard InChI is InChI=1S/C11H12B4N3OS.W/c1-6-5-10(7(2)4-9(6)15(13)14-12)18-11(20-19)16-8(3)17-18;/h4-5,19H,1-3H3;. The molecule has 0 aliphatic heterocycles. The van der Waals surface area contributed by atoms with E-state index < -0.39 is 0 Å². The molecule has 0 aliphatic carbocycles. The zero-order valence-corrected chi connectivity index (χ0v) is 15.8. The first-order valence-corrected chi connectivity index (χ1v) is 6.92. The molecule has 10 heteroatoms. The van der Waals surface area contributed by atoms with Gasteiger partial charge in [0.2, 0.25) is 5.16 Å². The summed E-state index contributed by atoms with van der Waals surface area (Å²) in [5.41, 5.74) is 3.85. The normalized spacial score (nSPS) is 10.1. The molecule has 2 rings (SSSR count). The Labute approximate surface area is 147 Å². The molecular formula is C11H12B4N3OSW. The molecule has 1 aromatic carbocycles. The van der Waals surface area contributed by atoms with Gasteiger partial charge in [-0.15, -0.1) is 0 Å². The molecule has 0 aliphatic rings. The molecule has 4 nitrogen and oxygen atoms in total. The monoisotopic (exact) mass is 462 g/mol. The van der Waals surface area contributed by atoms with Gasteiger partial charge in [-0.1, -0.05) is 17.1 Å². The summed E-state index contributed by atoms with van der Waals surface area (Å²) in [6.07, 6.45) is 0. The summed E-state index contributed by atoms with van der Waals surface area (Å²) >= 11 is 0.579. The minimum absolute atomic E-state index is 0. The van der Waals surface area contributed by atoms with Gasteiger partial charge < -0.3 is 4.55 Å². The van der Waals surface area contributed by atoms with Crippen molar-refractivity contribution in [3.8, 4) is 5.69 Å². The number of nitrogens with zero attached hydrogens (tertiary/aromatic N) is 3. The van der Waals surface area contributed by atoms with Crippen LogP contribution >= 0.6 is 12.0 Å². The molecule has 1 N–H and O–H groups in total. The third-order valence-electron chi connectivity index (χ3n) is 3.14. The molecular weight excluding hydrogens is 449 g/mol. The molecule has 0 fully saturated rings. The van der Waals surface area contributed by atoms with Crippen LogP contribution in [0.2, 0.25) is 0 Å². The van der Waals surface area contributed by atoms with E-state index >= 15 is 0 Å². The second-order valence-corrected chi connectivity index (χ2v) is 5.21. The first kappa shape index (κ1) is 18.7. The van der Waals surface area contributed by atoms with Crippen LogP contribution in [0.5, 0.6) is 0 Å². The average Bonchev–Trinajstić information content (AvgIpc) is 2.81. The van der Waals surface area contributed by atoms with Crippen molar-refractivity contribution in [2.75, 3.05) is 0 Å². The number of aromatic nitrogens is 3. The van der Waals surface area contributed by atoms with E-state index in [2.05, 4.69) is 10.1 Å². The predicted molar refractivity (Wildman–Crippen MR) is 86.7 cm³/mol. The van der Waals surface area contributed by atoms with Crippen LogP contribution in [-0.4, -0.2) is 48.3 Å². The van der Waals surface area contributed by atoms with E-state index in [4.69, 9.17) is 15.5 Å². The van der Waals surface area contributed by atoms with E-state index in [1.165, 1.54) is 7.06 Å². The minimum Gasteiger partial charge on any atom is -0.323 e. The number of aryl methyl sites for hydroxylation is 3. The Kier molecular flexibility index (Phi) is 6.89. The number of hydrogen-bond donors (Lipinski definition) is 1. The van der Waals surface area contributed by atoms with Crippen molar-refractivity contribution in [3.63, 3.8) is 0 Å². The molecule has 0 atom stereocenters. The van der Waals surface area contributed by atoms with Crippen molar-refractivity contribution in [3.05, 3.63) is 29.1 Å². The smallest absolute Gasteiger partial charge is 0.218 e. The van der Waals surface area contributed by atoms with Gasteiger partial charge in [0, 0.05) is 43.6 Å². The van der Waals surface area contributed by atoms with Crippen LogP contribution in [-0.2, 0) is 21.1 Å². The van der Waals surface area contributed by atoms with Crippen molar-refractivity contribution < 1.29 is 25.6 Å². The van der Waals surface area contributed by atoms with Gasteiger partial charge in [0.05, 0.1) is 24.2 Å². The summed E-state index contributed by atoms with van der Waals surface area (Å²) in [5, 5.41) is 4.75. The first-order valence-electron chi connectivity index (χ1n) is 6.15. The Morgan fingerprint density at radius 3 is 2.52 bits per heavy atom. The zero-order chi connectivity index (χ0) is 14.9. The first-order chi connectivity index (χ1) is 9.47. The van der Waals surface area contributed by atoms with E-state index in [0.717, 1.165) is 22.3 Å². The third-order valence-corrected chi connectivity index (χ3v) is 3.57. The van der Waals surface area contributed by atoms with Crippen LogP contribution in [0, 0.1) is 20.8 Å². The SMILES string of the molecule is [B][B]B([B])c1cc(C)c(-n2nc(C)nc2SO)cc1C.[W]. The van der Waals surface area contributed by atoms with Gasteiger partial charge >= 0.3 is 0 Å². The fourth-order valence-electron chi connectivity index (χ4n) is 2.13. The summed E-state index contributed by atoms with van der Waals surface area (Å²) in [4.78, 5) is 4.16. The third kappa shape index (κ3) is 3.88. The molecule has 21 heavy (non-hydrogen) atoms. The molecule has 101 valence electrons. The van der Waals surface area contributed by atoms with Gasteiger partial charge in [-0.05, 0) is 32.4 Å². The van der Waals surface area contributed by atoms with Gasteiger partial charge in [-0.2, -0.15) is 5.10 Å². The van der Waals surface area contributed by atoms with Crippen LogP contribution < -0.4 is 5.46 Å². The van der Waals surface area contributed by atoms with E-state index in [-0.39, 0.29) is 27.6 Å². The number of hydrogen-bond acceptors (Lipinski definition) is 4. The quantitative estimate of drug-likeness (QED) is 0.530. The molecule has 1 heterocycles. The van der Waals surface area contributed by atoms with Gasteiger partial charge in [-0.25, -0.2) is 9.67 Å². The Hall–Kier alpha value is -0.382. The van der Waals surface area contributed by atoms with Crippen molar-refractivity contribution in [2.24, 2.45) is 0 Å². The Balaban J connectivity index is 0.00000220. The Morgan fingerprint density at radius 1 is 1.29 bits per heavy atom. The van der Waals surface area contributed by atoms with Gasteiger partial charge in [-0.3, -0.25) is 0 Å². The van der Waals surface area contributed by atoms with Crippen molar-refractivity contribution in [1.82, 2.24) is 14.8 Å². The molecule has 2 aromatic rings. The molecule has 0 unspecified atom stereocenters. The minimum atomic E-state index is -0.299. The molecule has 5 radical (unpaired) electrons. The predicted octanol–water partition coefficient (Wildman–Crippen LogP) is 0.407. The molecule has 0 saturated carbocycles. The molecule has 0 amide bonds. The van der Waals surface area contributed by atoms with Crippen LogP contribution in [0.15, 0.2) is 17.3 Å². The Bertz CT molecular complexity index is 640. The van der Waals surface area contributed by atoms with E-state index in [1.54, 1.807) is 11.6 Å². The summed E-state index contributed by atoms with van der Waals surface area (Å²) in [7, 11) is 12.9. The molecule has 0 bridgehead atoms. The fraction of sp³-hybridized carbons (Fsp3) is 0.273. The van der Waals surface area contributed by atoms with Crippen LogP contribution in [0.25, 0.3) is 5.69 Å². The number of rotatable bonds is 4. The van der Waals surface area contributed by atoms with Gasteiger partial charge in [0.25, 0.3) is 0 Å². The second kappa shape index (κ2) is 7.75.